The van der Waals surface area contributed by atoms with Crippen molar-refractivity contribution in [1.29, 1.82) is 0 Å². The van der Waals surface area contributed by atoms with Crippen LogP contribution in [-0.4, -0.2) is 0 Å². The zero-order valence-corrected chi connectivity index (χ0v) is 19.8. The Balaban J connectivity index is 1.35. The van der Waals surface area contributed by atoms with Gasteiger partial charge in [0.25, 0.3) is 0 Å². The quantitative estimate of drug-likeness (QED) is 0.233. The van der Waals surface area contributed by atoms with E-state index in [9.17, 15) is 0 Å². The molecule has 0 heterocycles. The molecule has 4 rings (SSSR count). The molecular formula is C28H26O2S2. The van der Waals surface area contributed by atoms with Crippen molar-refractivity contribution in [3.63, 3.8) is 0 Å². The second kappa shape index (κ2) is 11.2. The van der Waals surface area contributed by atoms with Gasteiger partial charge in [-0.05, 0) is 61.4 Å². The van der Waals surface area contributed by atoms with Crippen molar-refractivity contribution >= 4 is 21.6 Å². The molecule has 0 aliphatic carbocycles. The van der Waals surface area contributed by atoms with Gasteiger partial charge in [-0.15, -0.1) is 0 Å². The van der Waals surface area contributed by atoms with Crippen LogP contribution < -0.4 is 9.47 Å². The van der Waals surface area contributed by atoms with Crippen LogP contribution in [0.5, 0.6) is 11.5 Å². The van der Waals surface area contributed by atoms with Crippen LogP contribution in [0.15, 0.2) is 119 Å². The van der Waals surface area contributed by atoms with E-state index in [1.807, 2.05) is 60.7 Å². The Kier molecular flexibility index (Phi) is 7.81. The fraction of sp³-hybridized carbons (Fsp3) is 0.143. The van der Waals surface area contributed by atoms with E-state index in [0.29, 0.717) is 0 Å². The van der Waals surface area contributed by atoms with Gasteiger partial charge in [0.05, 0.1) is 0 Å². The first-order valence-electron chi connectivity index (χ1n) is 10.7. The molecule has 4 heteroatoms. The van der Waals surface area contributed by atoms with E-state index < -0.39 is 0 Å². The highest BCUT2D eigenvalue weighted by Gasteiger charge is 2.09. The van der Waals surface area contributed by atoms with Crippen LogP contribution in [0.4, 0.5) is 0 Å². The highest BCUT2D eigenvalue weighted by molar-refractivity contribution is 8.76. The van der Waals surface area contributed by atoms with Crippen molar-refractivity contribution < 1.29 is 9.47 Å². The minimum absolute atomic E-state index is 0.00420. The van der Waals surface area contributed by atoms with E-state index in [4.69, 9.17) is 9.47 Å². The summed E-state index contributed by atoms with van der Waals surface area (Å²) in [4.78, 5) is 2.30. The molecule has 162 valence electrons. The summed E-state index contributed by atoms with van der Waals surface area (Å²) < 4.78 is 12.3. The number of benzene rings is 4. The zero-order chi connectivity index (χ0) is 22.2. The maximum atomic E-state index is 6.16. The first-order valence-corrected chi connectivity index (χ1v) is 12.8. The average molecular weight is 459 g/mol. The molecule has 4 aromatic carbocycles. The molecule has 0 saturated carbocycles. The normalized spacial score (nSPS) is 12.7. The zero-order valence-electron chi connectivity index (χ0n) is 18.2. The largest absolute Gasteiger partial charge is 0.486 e. The van der Waals surface area contributed by atoms with Gasteiger partial charge in [0.2, 0.25) is 0 Å². The molecule has 2 atom stereocenters. The summed E-state index contributed by atoms with van der Waals surface area (Å²) in [6.45, 7) is 4.15. The van der Waals surface area contributed by atoms with Crippen molar-refractivity contribution in [3.8, 4) is 11.5 Å². The molecule has 0 fully saturated rings. The number of rotatable bonds is 9. The summed E-state index contributed by atoms with van der Waals surface area (Å²) in [5, 5.41) is 0. The Bertz CT molecular complexity index is 1030. The molecular weight excluding hydrogens is 432 g/mol. The summed E-state index contributed by atoms with van der Waals surface area (Å²) >= 11 is 0. The smallest absolute Gasteiger partial charge is 0.121 e. The van der Waals surface area contributed by atoms with Crippen LogP contribution in [0, 0.1) is 0 Å². The van der Waals surface area contributed by atoms with E-state index in [2.05, 4.69) is 62.4 Å². The van der Waals surface area contributed by atoms with E-state index in [0.717, 1.165) is 21.3 Å². The molecule has 0 saturated heterocycles. The van der Waals surface area contributed by atoms with E-state index in [-0.39, 0.29) is 12.2 Å². The van der Waals surface area contributed by atoms with Gasteiger partial charge in [0, 0.05) is 9.79 Å². The molecule has 32 heavy (non-hydrogen) atoms. The van der Waals surface area contributed by atoms with Crippen molar-refractivity contribution in [2.24, 2.45) is 0 Å². The third-order valence-corrected chi connectivity index (χ3v) is 7.39. The summed E-state index contributed by atoms with van der Waals surface area (Å²) in [5.74, 6) is 1.75. The van der Waals surface area contributed by atoms with Gasteiger partial charge in [0.1, 0.15) is 23.7 Å². The predicted octanol–water partition coefficient (Wildman–Crippen LogP) is 8.77. The van der Waals surface area contributed by atoms with Gasteiger partial charge in [-0.2, -0.15) is 0 Å². The van der Waals surface area contributed by atoms with E-state index in [1.165, 1.54) is 11.1 Å². The minimum Gasteiger partial charge on any atom is -0.486 e. The third kappa shape index (κ3) is 6.35. The highest BCUT2D eigenvalue weighted by Crippen LogP contribution is 2.40. The summed E-state index contributed by atoms with van der Waals surface area (Å²) in [6.07, 6.45) is 0.00840. The number of hydrogen-bond acceptors (Lipinski definition) is 4. The number of ether oxygens (including phenoxy) is 2. The molecule has 0 amide bonds. The summed E-state index contributed by atoms with van der Waals surface area (Å²) in [7, 11) is 3.43. The van der Waals surface area contributed by atoms with Gasteiger partial charge in [-0.25, -0.2) is 0 Å². The van der Waals surface area contributed by atoms with Crippen molar-refractivity contribution in [2.75, 3.05) is 0 Å². The van der Waals surface area contributed by atoms with Gasteiger partial charge in [0.15, 0.2) is 0 Å². The maximum Gasteiger partial charge on any atom is 0.121 e. The van der Waals surface area contributed by atoms with Gasteiger partial charge in [-0.1, -0.05) is 94.4 Å². The second-order valence-corrected chi connectivity index (χ2v) is 9.73. The minimum atomic E-state index is 0.00420. The second-order valence-electron chi connectivity index (χ2n) is 7.46. The van der Waals surface area contributed by atoms with Crippen LogP contribution in [0.1, 0.15) is 37.2 Å². The molecule has 0 N–H and O–H groups in total. The fourth-order valence-electron chi connectivity index (χ4n) is 3.29. The standard InChI is InChI=1S/C28H26O2S2/c1-21(23-11-5-3-6-12-23)29-25-15-9-17-27(19-25)31-32-28-18-10-16-26(20-28)30-22(2)24-13-7-4-8-14-24/h3-22H,1-2H3. The van der Waals surface area contributed by atoms with E-state index in [1.54, 1.807) is 21.6 Å². The summed E-state index contributed by atoms with van der Waals surface area (Å²) in [6, 6.07) is 37.0. The molecule has 0 aliphatic rings. The van der Waals surface area contributed by atoms with E-state index >= 15 is 0 Å². The molecule has 0 spiro atoms. The maximum absolute atomic E-state index is 6.16. The van der Waals surface area contributed by atoms with Crippen LogP contribution in [0.2, 0.25) is 0 Å². The van der Waals surface area contributed by atoms with Crippen LogP contribution >= 0.6 is 21.6 Å². The predicted molar refractivity (Wildman–Crippen MR) is 136 cm³/mol. The Morgan fingerprint density at radius 1 is 0.500 bits per heavy atom. The molecule has 2 nitrogen and oxygen atoms in total. The van der Waals surface area contributed by atoms with Crippen LogP contribution in [0.3, 0.4) is 0 Å². The molecule has 0 radical (unpaired) electrons. The van der Waals surface area contributed by atoms with Gasteiger partial charge >= 0.3 is 0 Å². The monoisotopic (exact) mass is 458 g/mol. The SMILES string of the molecule is CC(Oc1cccc(SSc2cccc(OC(C)c3ccccc3)c2)c1)c1ccccc1. The topological polar surface area (TPSA) is 18.5 Å². The Morgan fingerprint density at radius 2 is 0.906 bits per heavy atom. The summed E-state index contributed by atoms with van der Waals surface area (Å²) in [5.41, 5.74) is 2.34. The lowest BCUT2D eigenvalue weighted by Crippen LogP contribution is -2.02. The first-order chi connectivity index (χ1) is 15.7. The highest BCUT2D eigenvalue weighted by atomic mass is 33.1. The molecule has 0 aromatic heterocycles. The Labute approximate surface area is 198 Å². The Morgan fingerprint density at radius 3 is 1.31 bits per heavy atom. The lowest BCUT2D eigenvalue weighted by molar-refractivity contribution is 0.226. The molecule has 2 unspecified atom stereocenters. The fourth-order valence-corrected chi connectivity index (χ4v) is 5.28. The van der Waals surface area contributed by atoms with Crippen LogP contribution in [0.25, 0.3) is 0 Å². The lowest BCUT2D eigenvalue weighted by atomic mass is 10.1. The van der Waals surface area contributed by atoms with Gasteiger partial charge in [-0.3, -0.25) is 0 Å². The van der Waals surface area contributed by atoms with Gasteiger partial charge < -0.3 is 9.47 Å². The van der Waals surface area contributed by atoms with Crippen molar-refractivity contribution in [2.45, 2.75) is 35.8 Å². The average Bonchev–Trinajstić information content (AvgIpc) is 2.84. The molecule has 0 aliphatic heterocycles. The number of hydrogen-bond donors (Lipinski definition) is 0. The van der Waals surface area contributed by atoms with Crippen molar-refractivity contribution in [3.05, 3.63) is 120 Å². The lowest BCUT2D eigenvalue weighted by Gasteiger charge is -2.16. The van der Waals surface area contributed by atoms with Crippen molar-refractivity contribution in [1.82, 2.24) is 0 Å². The molecule has 0 bridgehead atoms. The van der Waals surface area contributed by atoms with Crippen LogP contribution in [-0.2, 0) is 0 Å². The molecule has 4 aromatic rings. The first kappa shape index (κ1) is 22.4. The Hall–Kier alpha value is -2.82. The third-order valence-electron chi connectivity index (χ3n) is 5.01.